The predicted molar refractivity (Wildman–Crippen MR) is 125 cm³/mol. The summed E-state index contributed by atoms with van der Waals surface area (Å²) in [6.45, 7) is 4.88. The van der Waals surface area contributed by atoms with Gasteiger partial charge in [-0.2, -0.15) is 0 Å². The van der Waals surface area contributed by atoms with Crippen LogP contribution in [0.3, 0.4) is 0 Å². The molecule has 0 saturated carbocycles. The number of anilines is 1. The minimum Gasteiger partial charge on any atom is -0.338 e. The van der Waals surface area contributed by atoms with Gasteiger partial charge in [-0.1, -0.05) is 33.6 Å². The number of carbonyl (C=O) groups excluding carboxylic acids is 3. The van der Waals surface area contributed by atoms with Gasteiger partial charge in [0.2, 0.25) is 11.8 Å². The summed E-state index contributed by atoms with van der Waals surface area (Å²) in [6.07, 6.45) is 1.49. The summed E-state index contributed by atoms with van der Waals surface area (Å²) in [5, 5.41) is 2.86. The largest absolute Gasteiger partial charge is 0.338 e. The third-order valence-electron chi connectivity index (χ3n) is 5.58. The van der Waals surface area contributed by atoms with Gasteiger partial charge < -0.3 is 15.1 Å². The zero-order valence-corrected chi connectivity index (χ0v) is 19.7. The number of piperidine rings is 1. The number of rotatable bonds is 5. The van der Waals surface area contributed by atoms with E-state index in [0.29, 0.717) is 25.1 Å². The molecule has 2 aromatic carbocycles. The maximum atomic E-state index is 12.9. The van der Waals surface area contributed by atoms with Gasteiger partial charge in [-0.3, -0.25) is 14.4 Å². The molecule has 164 valence electrons. The van der Waals surface area contributed by atoms with Gasteiger partial charge in [0.25, 0.3) is 5.91 Å². The lowest BCUT2D eigenvalue weighted by Gasteiger charge is -2.34. The molecule has 1 aliphatic rings. The average molecular weight is 486 g/mol. The molecule has 1 fully saturated rings. The molecule has 3 rings (SSSR count). The Labute approximate surface area is 191 Å². The number of nitrogens with one attached hydrogen (secondary N) is 1. The predicted octanol–water partition coefficient (Wildman–Crippen LogP) is 4.02. The Bertz CT molecular complexity index is 975. The van der Waals surface area contributed by atoms with Gasteiger partial charge in [0.15, 0.2) is 0 Å². The van der Waals surface area contributed by atoms with E-state index in [2.05, 4.69) is 21.2 Å². The van der Waals surface area contributed by atoms with Crippen LogP contribution in [0.1, 0.15) is 34.3 Å². The summed E-state index contributed by atoms with van der Waals surface area (Å²) < 4.78 is 0.942. The van der Waals surface area contributed by atoms with Gasteiger partial charge in [-0.25, -0.2) is 0 Å². The Kier molecular flexibility index (Phi) is 7.49. The summed E-state index contributed by atoms with van der Waals surface area (Å²) >= 11 is 3.41. The van der Waals surface area contributed by atoms with Gasteiger partial charge in [0, 0.05) is 35.9 Å². The molecule has 1 heterocycles. The molecule has 0 aliphatic carbocycles. The number of carbonyl (C=O) groups is 3. The van der Waals surface area contributed by atoms with E-state index in [1.807, 2.05) is 56.3 Å². The van der Waals surface area contributed by atoms with E-state index >= 15 is 0 Å². The van der Waals surface area contributed by atoms with Crippen LogP contribution in [0, 0.1) is 19.8 Å². The summed E-state index contributed by atoms with van der Waals surface area (Å²) in [4.78, 5) is 41.4. The standard InChI is InChI=1S/C24H28BrN3O3/c1-16-6-8-18(9-7-16)24(31)28-12-4-5-19(14-28)23(30)27(3)15-22(29)26-21-11-10-20(25)13-17(21)2/h6-11,13,19H,4-5,12,14-15H2,1-3H3,(H,26,29). The Morgan fingerprint density at radius 3 is 2.52 bits per heavy atom. The fourth-order valence-electron chi connectivity index (χ4n) is 3.80. The fraction of sp³-hybridized carbons (Fsp3) is 0.375. The summed E-state index contributed by atoms with van der Waals surface area (Å²) in [5.74, 6) is -0.701. The highest BCUT2D eigenvalue weighted by Gasteiger charge is 2.31. The van der Waals surface area contributed by atoms with Crippen LogP contribution in [-0.4, -0.2) is 54.2 Å². The summed E-state index contributed by atoms with van der Waals surface area (Å²) in [7, 11) is 1.64. The minimum absolute atomic E-state index is 0.0310. The maximum Gasteiger partial charge on any atom is 0.253 e. The number of benzene rings is 2. The number of hydrogen-bond acceptors (Lipinski definition) is 3. The molecule has 31 heavy (non-hydrogen) atoms. The Morgan fingerprint density at radius 1 is 1.13 bits per heavy atom. The zero-order valence-electron chi connectivity index (χ0n) is 18.2. The normalized spacial score (nSPS) is 16.0. The third kappa shape index (κ3) is 5.94. The van der Waals surface area contributed by atoms with Crippen molar-refractivity contribution in [1.29, 1.82) is 0 Å². The molecular weight excluding hydrogens is 458 g/mol. The fourth-order valence-corrected chi connectivity index (χ4v) is 4.28. The first-order valence-corrected chi connectivity index (χ1v) is 11.2. The SMILES string of the molecule is Cc1ccc(C(=O)N2CCCC(C(=O)N(C)CC(=O)Nc3ccc(Br)cc3C)C2)cc1. The van der Waals surface area contributed by atoms with Crippen molar-refractivity contribution in [2.24, 2.45) is 5.92 Å². The minimum atomic E-state index is -0.296. The quantitative estimate of drug-likeness (QED) is 0.695. The lowest BCUT2D eigenvalue weighted by atomic mass is 9.96. The monoisotopic (exact) mass is 485 g/mol. The van der Waals surface area contributed by atoms with E-state index in [1.54, 1.807) is 11.9 Å². The van der Waals surface area contributed by atoms with E-state index in [1.165, 1.54) is 4.90 Å². The smallest absolute Gasteiger partial charge is 0.253 e. The molecule has 7 heteroatoms. The molecule has 1 aliphatic heterocycles. The van der Waals surface area contributed by atoms with Crippen molar-refractivity contribution in [3.63, 3.8) is 0 Å². The van der Waals surface area contributed by atoms with E-state index in [4.69, 9.17) is 0 Å². The first-order valence-electron chi connectivity index (χ1n) is 10.4. The molecule has 2 aromatic rings. The third-order valence-corrected chi connectivity index (χ3v) is 6.07. The van der Waals surface area contributed by atoms with Crippen molar-refractivity contribution >= 4 is 39.3 Å². The van der Waals surface area contributed by atoms with Gasteiger partial charge in [-0.15, -0.1) is 0 Å². The van der Waals surface area contributed by atoms with E-state index in [0.717, 1.165) is 27.7 Å². The second kappa shape index (κ2) is 10.1. The van der Waals surface area contributed by atoms with E-state index in [-0.39, 0.29) is 30.2 Å². The van der Waals surface area contributed by atoms with Crippen molar-refractivity contribution < 1.29 is 14.4 Å². The first-order chi connectivity index (χ1) is 14.7. The van der Waals surface area contributed by atoms with Gasteiger partial charge in [0.1, 0.15) is 0 Å². The molecule has 0 radical (unpaired) electrons. The van der Waals surface area contributed by atoms with Crippen molar-refractivity contribution in [2.75, 3.05) is 32.0 Å². The Hall–Kier alpha value is -2.67. The number of halogens is 1. The summed E-state index contributed by atoms with van der Waals surface area (Å²) in [6, 6.07) is 13.1. The van der Waals surface area contributed by atoms with Gasteiger partial charge >= 0.3 is 0 Å². The van der Waals surface area contributed by atoms with Crippen LogP contribution in [0.5, 0.6) is 0 Å². The van der Waals surface area contributed by atoms with Gasteiger partial charge in [0.05, 0.1) is 12.5 Å². The average Bonchev–Trinajstić information content (AvgIpc) is 2.75. The van der Waals surface area contributed by atoms with Crippen molar-refractivity contribution in [1.82, 2.24) is 9.80 Å². The summed E-state index contributed by atoms with van der Waals surface area (Å²) in [5.41, 5.74) is 3.40. The first kappa shape index (κ1) is 23.0. The number of hydrogen-bond donors (Lipinski definition) is 1. The highest BCUT2D eigenvalue weighted by atomic mass is 79.9. The van der Waals surface area contributed by atoms with Gasteiger partial charge in [-0.05, 0) is 62.6 Å². The molecular formula is C24H28BrN3O3. The lowest BCUT2D eigenvalue weighted by Crippen LogP contribution is -2.47. The van der Waals surface area contributed by atoms with Crippen molar-refractivity contribution in [2.45, 2.75) is 26.7 Å². The van der Waals surface area contributed by atoms with E-state index in [9.17, 15) is 14.4 Å². The van der Waals surface area contributed by atoms with Crippen LogP contribution in [0.2, 0.25) is 0 Å². The lowest BCUT2D eigenvalue weighted by molar-refractivity contribution is -0.138. The second-order valence-electron chi connectivity index (χ2n) is 8.16. The number of nitrogens with zero attached hydrogens (tertiary/aromatic N) is 2. The Morgan fingerprint density at radius 2 is 1.84 bits per heavy atom. The molecule has 0 aromatic heterocycles. The maximum absolute atomic E-state index is 12.9. The van der Waals surface area contributed by atoms with Crippen LogP contribution >= 0.6 is 15.9 Å². The van der Waals surface area contributed by atoms with E-state index < -0.39 is 0 Å². The zero-order chi connectivity index (χ0) is 22.5. The molecule has 0 spiro atoms. The van der Waals surface area contributed by atoms with Crippen LogP contribution < -0.4 is 5.32 Å². The highest BCUT2D eigenvalue weighted by molar-refractivity contribution is 9.10. The molecule has 6 nitrogen and oxygen atoms in total. The topological polar surface area (TPSA) is 69.7 Å². The molecule has 1 N–H and O–H groups in total. The number of likely N-dealkylation sites (tertiary alicyclic amines) is 1. The molecule has 3 amide bonds. The number of aryl methyl sites for hydroxylation is 2. The van der Waals surface area contributed by atoms with Crippen molar-refractivity contribution in [3.8, 4) is 0 Å². The van der Waals surface area contributed by atoms with Crippen LogP contribution in [-0.2, 0) is 9.59 Å². The second-order valence-corrected chi connectivity index (χ2v) is 9.07. The van der Waals surface area contributed by atoms with Crippen LogP contribution in [0.25, 0.3) is 0 Å². The molecule has 1 unspecified atom stereocenters. The number of amides is 3. The molecule has 1 saturated heterocycles. The highest BCUT2D eigenvalue weighted by Crippen LogP contribution is 2.22. The Balaban J connectivity index is 1.57. The molecule has 0 bridgehead atoms. The van der Waals surface area contributed by atoms with Crippen molar-refractivity contribution in [3.05, 3.63) is 63.6 Å². The number of likely N-dealkylation sites (N-methyl/N-ethyl adjacent to an activating group) is 1. The molecule has 1 atom stereocenters. The van der Waals surface area contributed by atoms with Crippen LogP contribution in [0.15, 0.2) is 46.9 Å². The van der Waals surface area contributed by atoms with Crippen LogP contribution in [0.4, 0.5) is 5.69 Å².